The highest BCUT2D eigenvalue weighted by Crippen LogP contribution is 2.13. The molecule has 3 heteroatoms. The van der Waals surface area contributed by atoms with E-state index in [-0.39, 0.29) is 0 Å². The van der Waals surface area contributed by atoms with Gasteiger partial charge >= 0.3 is 0 Å². The lowest BCUT2D eigenvalue weighted by Gasteiger charge is -2.20. The molecule has 0 aliphatic heterocycles. The molecule has 1 aromatic rings. The minimum Gasteiger partial charge on any atom is -0.375 e. The van der Waals surface area contributed by atoms with Gasteiger partial charge in [0.2, 0.25) is 0 Å². The van der Waals surface area contributed by atoms with E-state index < -0.39 is 0 Å². The standard InChI is InChI=1S/C14H25N3/c1-15-12-13-6-8-14(9-7-13)17(4)11-5-10-16(2)3/h6-9,15H,5,10-12H2,1-4H3. The maximum Gasteiger partial charge on any atom is 0.0363 e. The summed E-state index contributed by atoms with van der Waals surface area (Å²) in [6.45, 7) is 3.18. The molecule has 17 heavy (non-hydrogen) atoms. The predicted molar refractivity (Wildman–Crippen MR) is 75.6 cm³/mol. The average molecular weight is 235 g/mol. The van der Waals surface area contributed by atoms with Gasteiger partial charge in [0.15, 0.2) is 0 Å². The van der Waals surface area contributed by atoms with Gasteiger partial charge in [-0.3, -0.25) is 0 Å². The summed E-state index contributed by atoms with van der Waals surface area (Å²) in [5.74, 6) is 0. The van der Waals surface area contributed by atoms with Crippen molar-refractivity contribution in [3.63, 3.8) is 0 Å². The Morgan fingerprint density at radius 2 is 1.65 bits per heavy atom. The van der Waals surface area contributed by atoms with Crippen LogP contribution in [0, 0.1) is 0 Å². The van der Waals surface area contributed by atoms with Crippen LogP contribution in [-0.4, -0.2) is 46.2 Å². The van der Waals surface area contributed by atoms with Crippen LogP contribution in [0.3, 0.4) is 0 Å². The van der Waals surface area contributed by atoms with Crippen LogP contribution in [0.2, 0.25) is 0 Å². The third kappa shape index (κ3) is 5.20. The quantitative estimate of drug-likeness (QED) is 0.777. The van der Waals surface area contributed by atoms with Crippen LogP contribution in [0.1, 0.15) is 12.0 Å². The molecule has 0 atom stereocenters. The van der Waals surface area contributed by atoms with Gasteiger partial charge in [0.05, 0.1) is 0 Å². The number of hydrogen-bond donors (Lipinski definition) is 1. The molecule has 0 radical (unpaired) electrons. The lowest BCUT2D eigenvalue weighted by molar-refractivity contribution is 0.401. The van der Waals surface area contributed by atoms with Crippen molar-refractivity contribution in [1.29, 1.82) is 0 Å². The van der Waals surface area contributed by atoms with E-state index in [1.165, 1.54) is 17.7 Å². The van der Waals surface area contributed by atoms with E-state index in [9.17, 15) is 0 Å². The van der Waals surface area contributed by atoms with Gasteiger partial charge in [0.25, 0.3) is 0 Å². The summed E-state index contributed by atoms with van der Waals surface area (Å²) in [5, 5.41) is 3.16. The maximum absolute atomic E-state index is 3.16. The van der Waals surface area contributed by atoms with Gasteiger partial charge in [-0.25, -0.2) is 0 Å². The first kappa shape index (κ1) is 14.0. The van der Waals surface area contributed by atoms with Crippen molar-refractivity contribution in [3.8, 4) is 0 Å². The predicted octanol–water partition coefficient (Wildman–Crippen LogP) is 1.79. The second-order valence-corrected chi connectivity index (χ2v) is 4.78. The van der Waals surface area contributed by atoms with Crippen molar-refractivity contribution >= 4 is 5.69 Å². The molecule has 3 nitrogen and oxygen atoms in total. The molecule has 0 spiro atoms. The first-order valence-corrected chi connectivity index (χ1v) is 6.23. The van der Waals surface area contributed by atoms with Gasteiger partial charge in [-0.15, -0.1) is 0 Å². The molecule has 96 valence electrons. The molecule has 1 aromatic carbocycles. The lowest BCUT2D eigenvalue weighted by Crippen LogP contribution is -2.23. The Kier molecular flexibility index (Phi) is 6.01. The third-order valence-electron chi connectivity index (χ3n) is 2.86. The molecule has 0 saturated carbocycles. The van der Waals surface area contributed by atoms with E-state index >= 15 is 0 Å². The molecule has 0 fully saturated rings. The fraction of sp³-hybridized carbons (Fsp3) is 0.571. The van der Waals surface area contributed by atoms with Crippen molar-refractivity contribution in [2.75, 3.05) is 46.2 Å². The Labute approximate surface area is 105 Å². The van der Waals surface area contributed by atoms with E-state index in [1.807, 2.05) is 7.05 Å². The van der Waals surface area contributed by atoms with Crippen LogP contribution in [0.25, 0.3) is 0 Å². The van der Waals surface area contributed by atoms with Crippen molar-refractivity contribution in [2.45, 2.75) is 13.0 Å². The molecule has 0 amide bonds. The Morgan fingerprint density at radius 3 is 2.18 bits per heavy atom. The fourth-order valence-corrected chi connectivity index (χ4v) is 1.83. The number of benzene rings is 1. The largest absolute Gasteiger partial charge is 0.375 e. The summed E-state index contributed by atoms with van der Waals surface area (Å²) < 4.78 is 0. The number of rotatable bonds is 7. The van der Waals surface area contributed by atoms with Crippen LogP contribution >= 0.6 is 0 Å². The monoisotopic (exact) mass is 235 g/mol. The molecule has 0 unspecified atom stereocenters. The number of nitrogens with one attached hydrogen (secondary N) is 1. The normalized spacial score (nSPS) is 10.9. The van der Waals surface area contributed by atoms with Crippen molar-refractivity contribution < 1.29 is 0 Å². The van der Waals surface area contributed by atoms with E-state index in [1.54, 1.807) is 0 Å². The Balaban J connectivity index is 2.43. The second kappa shape index (κ2) is 7.30. The number of nitrogens with zero attached hydrogens (tertiary/aromatic N) is 2. The highest BCUT2D eigenvalue weighted by atomic mass is 15.1. The van der Waals surface area contributed by atoms with Gasteiger partial charge in [-0.05, 0) is 51.8 Å². The van der Waals surface area contributed by atoms with Crippen molar-refractivity contribution in [1.82, 2.24) is 10.2 Å². The van der Waals surface area contributed by atoms with Gasteiger partial charge < -0.3 is 15.1 Å². The van der Waals surface area contributed by atoms with Crippen molar-refractivity contribution in [2.24, 2.45) is 0 Å². The summed E-state index contributed by atoms with van der Waals surface area (Å²) in [5.41, 5.74) is 2.63. The second-order valence-electron chi connectivity index (χ2n) is 4.78. The summed E-state index contributed by atoms with van der Waals surface area (Å²) in [6, 6.07) is 8.77. The SMILES string of the molecule is CNCc1ccc(N(C)CCCN(C)C)cc1. The van der Waals surface area contributed by atoms with Gasteiger partial charge in [-0.2, -0.15) is 0 Å². The average Bonchev–Trinajstić information content (AvgIpc) is 2.30. The molecule has 0 aromatic heterocycles. The van der Waals surface area contributed by atoms with Gasteiger partial charge in [0, 0.05) is 25.8 Å². The molecular weight excluding hydrogens is 210 g/mol. The molecule has 0 saturated heterocycles. The van der Waals surface area contributed by atoms with Crippen molar-refractivity contribution in [3.05, 3.63) is 29.8 Å². The van der Waals surface area contributed by atoms with Crippen LogP contribution < -0.4 is 10.2 Å². The molecular formula is C14H25N3. The zero-order chi connectivity index (χ0) is 12.7. The van der Waals surface area contributed by atoms with Gasteiger partial charge in [-0.1, -0.05) is 12.1 Å². The molecule has 0 bridgehead atoms. The summed E-state index contributed by atoms with van der Waals surface area (Å²) in [4.78, 5) is 4.54. The highest BCUT2D eigenvalue weighted by Gasteiger charge is 2.01. The highest BCUT2D eigenvalue weighted by molar-refractivity contribution is 5.46. The van der Waals surface area contributed by atoms with E-state index in [0.717, 1.165) is 19.6 Å². The Morgan fingerprint density at radius 1 is 1.00 bits per heavy atom. The Bertz CT molecular complexity index is 306. The third-order valence-corrected chi connectivity index (χ3v) is 2.86. The molecule has 1 rings (SSSR count). The topological polar surface area (TPSA) is 18.5 Å². The Hall–Kier alpha value is -1.06. The van der Waals surface area contributed by atoms with Crippen LogP contribution in [0.4, 0.5) is 5.69 Å². The molecule has 1 N–H and O–H groups in total. The number of anilines is 1. The minimum absolute atomic E-state index is 0.935. The zero-order valence-electron chi connectivity index (χ0n) is 11.5. The van der Waals surface area contributed by atoms with E-state index in [4.69, 9.17) is 0 Å². The molecule has 0 aliphatic rings. The van der Waals surface area contributed by atoms with Crippen LogP contribution in [0.15, 0.2) is 24.3 Å². The molecule has 0 heterocycles. The lowest BCUT2D eigenvalue weighted by atomic mass is 10.2. The van der Waals surface area contributed by atoms with Crippen LogP contribution in [0.5, 0.6) is 0 Å². The smallest absolute Gasteiger partial charge is 0.0363 e. The fourth-order valence-electron chi connectivity index (χ4n) is 1.83. The van der Waals surface area contributed by atoms with Gasteiger partial charge in [0.1, 0.15) is 0 Å². The van der Waals surface area contributed by atoms with E-state index in [2.05, 4.69) is 60.5 Å². The minimum atomic E-state index is 0.935. The summed E-state index contributed by atoms with van der Waals surface area (Å²) in [6.07, 6.45) is 1.20. The first-order chi connectivity index (χ1) is 8.13. The summed E-state index contributed by atoms with van der Waals surface area (Å²) in [7, 11) is 8.36. The van der Waals surface area contributed by atoms with Crippen LogP contribution in [-0.2, 0) is 6.54 Å². The maximum atomic E-state index is 3.16. The van der Waals surface area contributed by atoms with E-state index in [0.29, 0.717) is 0 Å². The summed E-state index contributed by atoms with van der Waals surface area (Å²) >= 11 is 0. The zero-order valence-corrected chi connectivity index (χ0v) is 11.5. The first-order valence-electron chi connectivity index (χ1n) is 6.23. The molecule has 0 aliphatic carbocycles. The number of hydrogen-bond acceptors (Lipinski definition) is 3.